The first kappa shape index (κ1) is 13.4. The van der Waals surface area contributed by atoms with Gasteiger partial charge < -0.3 is 19.3 Å². The van der Waals surface area contributed by atoms with Gasteiger partial charge in [0.05, 0.1) is 6.10 Å². The van der Waals surface area contributed by atoms with Crippen molar-refractivity contribution < 1.29 is 24.1 Å². The van der Waals surface area contributed by atoms with Gasteiger partial charge in [0.1, 0.15) is 29.5 Å². The molecular formula is C15H18O5. The summed E-state index contributed by atoms with van der Waals surface area (Å²) >= 11 is 0. The predicted molar refractivity (Wildman–Crippen MR) is 70.6 cm³/mol. The molecule has 2 fully saturated rings. The maximum absolute atomic E-state index is 11.8. The molecule has 1 aliphatic carbocycles. The topological polar surface area (TPSA) is 65.0 Å². The highest BCUT2D eigenvalue weighted by atomic mass is 16.8. The van der Waals surface area contributed by atoms with Crippen LogP contribution in [-0.2, 0) is 14.3 Å². The van der Waals surface area contributed by atoms with Gasteiger partial charge in [0.2, 0.25) is 0 Å². The second-order valence-corrected chi connectivity index (χ2v) is 5.74. The molecule has 2 aliphatic rings. The van der Waals surface area contributed by atoms with Gasteiger partial charge in [0.15, 0.2) is 5.79 Å². The van der Waals surface area contributed by atoms with Crippen LogP contribution in [0.1, 0.15) is 26.7 Å². The molecule has 0 unspecified atom stereocenters. The van der Waals surface area contributed by atoms with Gasteiger partial charge in [-0.15, -0.1) is 0 Å². The molecule has 5 heteroatoms. The zero-order chi connectivity index (χ0) is 14.3. The summed E-state index contributed by atoms with van der Waals surface area (Å²) in [5, 5.41) is 9.27. The Kier molecular flexibility index (Phi) is 3.18. The standard InChI is InChI=1S/C15H18O5/c1-15(2)19-13-8-10(17)7-12(14(13)20-15)18-11-5-3-9(16)4-6-11/h3-6,12-14,16H,7-8H2,1-2H3/t12-,13-,14+/m1/s1. The summed E-state index contributed by atoms with van der Waals surface area (Å²) in [5.74, 6) is 0.221. The zero-order valence-corrected chi connectivity index (χ0v) is 11.5. The highest BCUT2D eigenvalue weighted by Gasteiger charge is 2.50. The monoisotopic (exact) mass is 278 g/mol. The highest BCUT2D eigenvalue weighted by molar-refractivity contribution is 5.80. The first-order valence-corrected chi connectivity index (χ1v) is 6.76. The van der Waals surface area contributed by atoms with Crippen molar-refractivity contribution in [2.75, 3.05) is 0 Å². The number of benzene rings is 1. The molecule has 1 aromatic rings. The number of fused-ring (bicyclic) bond motifs is 1. The van der Waals surface area contributed by atoms with Crippen LogP contribution < -0.4 is 4.74 Å². The van der Waals surface area contributed by atoms with Gasteiger partial charge in [0.25, 0.3) is 0 Å². The molecule has 0 bridgehead atoms. The quantitative estimate of drug-likeness (QED) is 0.896. The zero-order valence-electron chi connectivity index (χ0n) is 11.5. The number of phenolic OH excluding ortho intramolecular Hbond substituents is 1. The largest absolute Gasteiger partial charge is 0.508 e. The fourth-order valence-electron chi connectivity index (χ4n) is 2.79. The molecule has 3 rings (SSSR count). The minimum Gasteiger partial charge on any atom is -0.508 e. The predicted octanol–water partition coefficient (Wildman–Crippen LogP) is 2.02. The summed E-state index contributed by atoms with van der Waals surface area (Å²) in [6.45, 7) is 3.68. The van der Waals surface area contributed by atoms with Crippen LogP contribution in [0.2, 0.25) is 0 Å². The average molecular weight is 278 g/mol. The van der Waals surface area contributed by atoms with Crippen LogP contribution in [0.15, 0.2) is 24.3 Å². The van der Waals surface area contributed by atoms with E-state index in [1.807, 2.05) is 13.8 Å². The van der Waals surface area contributed by atoms with Crippen LogP contribution in [0.25, 0.3) is 0 Å². The molecule has 5 nitrogen and oxygen atoms in total. The van der Waals surface area contributed by atoms with Gasteiger partial charge in [-0.05, 0) is 38.1 Å². The van der Waals surface area contributed by atoms with Gasteiger partial charge >= 0.3 is 0 Å². The molecule has 0 spiro atoms. The first-order chi connectivity index (χ1) is 9.43. The van der Waals surface area contributed by atoms with E-state index in [0.717, 1.165) is 0 Å². The number of Topliss-reactive ketones (excluding diaryl/α,β-unsaturated/α-hetero) is 1. The normalized spacial score (nSPS) is 31.9. The second-order valence-electron chi connectivity index (χ2n) is 5.74. The van der Waals surface area contributed by atoms with E-state index in [2.05, 4.69) is 0 Å². The molecule has 0 aromatic heterocycles. The van der Waals surface area contributed by atoms with E-state index >= 15 is 0 Å². The van der Waals surface area contributed by atoms with E-state index in [0.29, 0.717) is 18.6 Å². The van der Waals surface area contributed by atoms with Crippen molar-refractivity contribution >= 4 is 5.78 Å². The molecule has 3 atom stereocenters. The lowest BCUT2D eigenvalue weighted by atomic mass is 9.91. The van der Waals surface area contributed by atoms with Crippen molar-refractivity contribution in [2.24, 2.45) is 0 Å². The average Bonchev–Trinajstić information content (AvgIpc) is 2.66. The summed E-state index contributed by atoms with van der Waals surface area (Å²) < 4.78 is 17.5. The molecular weight excluding hydrogens is 260 g/mol. The molecule has 1 aromatic carbocycles. The van der Waals surface area contributed by atoms with Crippen LogP contribution in [-0.4, -0.2) is 35.0 Å². The van der Waals surface area contributed by atoms with Gasteiger partial charge in [-0.3, -0.25) is 4.79 Å². The van der Waals surface area contributed by atoms with Crippen molar-refractivity contribution in [3.05, 3.63) is 24.3 Å². The molecule has 0 amide bonds. The number of ketones is 1. The minimum absolute atomic E-state index is 0.122. The summed E-state index contributed by atoms with van der Waals surface area (Å²) in [5.41, 5.74) is 0. The van der Waals surface area contributed by atoms with E-state index in [1.165, 1.54) is 0 Å². The molecule has 0 radical (unpaired) electrons. The fourth-order valence-corrected chi connectivity index (χ4v) is 2.79. The highest BCUT2D eigenvalue weighted by Crippen LogP contribution is 2.37. The van der Waals surface area contributed by atoms with Crippen molar-refractivity contribution in [3.8, 4) is 11.5 Å². The maximum atomic E-state index is 11.8. The number of hydrogen-bond acceptors (Lipinski definition) is 5. The fraction of sp³-hybridized carbons (Fsp3) is 0.533. The summed E-state index contributed by atoms with van der Waals surface area (Å²) in [6, 6.07) is 6.44. The molecule has 1 N–H and O–H groups in total. The smallest absolute Gasteiger partial charge is 0.163 e. The minimum atomic E-state index is -0.684. The van der Waals surface area contributed by atoms with E-state index in [1.54, 1.807) is 24.3 Å². The molecule has 1 aliphatic heterocycles. The number of carbonyl (C=O) groups excluding carboxylic acids is 1. The van der Waals surface area contributed by atoms with Gasteiger partial charge in [-0.1, -0.05) is 0 Å². The Labute approximate surface area is 117 Å². The lowest BCUT2D eigenvalue weighted by molar-refractivity contribution is -0.151. The molecule has 20 heavy (non-hydrogen) atoms. The lowest BCUT2D eigenvalue weighted by Crippen LogP contribution is -2.46. The van der Waals surface area contributed by atoms with Crippen LogP contribution in [0.5, 0.6) is 11.5 Å². The lowest BCUT2D eigenvalue weighted by Gasteiger charge is -2.30. The van der Waals surface area contributed by atoms with E-state index in [-0.39, 0.29) is 29.8 Å². The van der Waals surface area contributed by atoms with E-state index in [4.69, 9.17) is 14.2 Å². The van der Waals surface area contributed by atoms with Crippen molar-refractivity contribution in [1.29, 1.82) is 0 Å². The van der Waals surface area contributed by atoms with Crippen LogP contribution in [0.3, 0.4) is 0 Å². The summed E-state index contributed by atoms with van der Waals surface area (Å²) in [6.07, 6.45) is -0.136. The van der Waals surface area contributed by atoms with Crippen molar-refractivity contribution in [2.45, 2.75) is 50.8 Å². The van der Waals surface area contributed by atoms with Crippen molar-refractivity contribution in [3.63, 3.8) is 0 Å². The second kappa shape index (κ2) is 4.75. The Morgan fingerprint density at radius 3 is 2.60 bits per heavy atom. The van der Waals surface area contributed by atoms with Gasteiger partial charge in [0, 0.05) is 12.8 Å². The van der Waals surface area contributed by atoms with E-state index in [9.17, 15) is 9.90 Å². The molecule has 1 heterocycles. The number of carbonyl (C=O) groups is 1. The van der Waals surface area contributed by atoms with E-state index < -0.39 is 5.79 Å². The Balaban J connectivity index is 1.77. The molecule has 108 valence electrons. The number of aromatic hydroxyl groups is 1. The molecule has 1 saturated heterocycles. The number of rotatable bonds is 2. The first-order valence-electron chi connectivity index (χ1n) is 6.76. The number of phenols is 1. The Morgan fingerprint density at radius 2 is 1.90 bits per heavy atom. The number of hydrogen-bond donors (Lipinski definition) is 1. The Hall–Kier alpha value is -1.59. The Morgan fingerprint density at radius 1 is 1.20 bits per heavy atom. The van der Waals surface area contributed by atoms with Crippen LogP contribution in [0.4, 0.5) is 0 Å². The summed E-state index contributed by atoms with van der Waals surface area (Å²) in [7, 11) is 0. The third-order valence-electron chi connectivity index (χ3n) is 3.57. The third kappa shape index (κ3) is 2.64. The van der Waals surface area contributed by atoms with Crippen LogP contribution >= 0.6 is 0 Å². The SMILES string of the molecule is CC1(C)O[C@H]2[C@H](Oc3ccc(O)cc3)CC(=O)C[C@H]2O1. The van der Waals surface area contributed by atoms with Gasteiger partial charge in [-0.2, -0.15) is 0 Å². The Bertz CT molecular complexity index is 508. The third-order valence-corrected chi connectivity index (χ3v) is 3.57. The molecule has 1 saturated carbocycles. The number of ether oxygens (including phenoxy) is 3. The summed E-state index contributed by atoms with van der Waals surface area (Å²) in [4.78, 5) is 11.8. The van der Waals surface area contributed by atoms with Crippen molar-refractivity contribution in [1.82, 2.24) is 0 Å². The van der Waals surface area contributed by atoms with Crippen LogP contribution in [0, 0.1) is 0 Å². The maximum Gasteiger partial charge on any atom is 0.163 e. The van der Waals surface area contributed by atoms with Gasteiger partial charge in [-0.25, -0.2) is 0 Å².